The van der Waals surface area contributed by atoms with Gasteiger partial charge in [-0.2, -0.15) is 0 Å². The van der Waals surface area contributed by atoms with Crippen molar-refractivity contribution in [2.24, 2.45) is 4.99 Å². The molecule has 1 aliphatic heterocycles. The number of benzene rings is 3. The van der Waals surface area contributed by atoms with Crippen LogP contribution in [0, 0.1) is 6.92 Å². The van der Waals surface area contributed by atoms with Gasteiger partial charge in [-0.1, -0.05) is 54.1 Å². The van der Waals surface area contributed by atoms with E-state index in [1.807, 2.05) is 68.4 Å². The first-order valence-corrected chi connectivity index (χ1v) is 12.8. The number of carbonyl (C=O) groups is 2. The maximum Gasteiger partial charge on any atom is 0.341 e. The summed E-state index contributed by atoms with van der Waals surface area (Å²) in [5, 5.41) is 9.55. The van der Waals surface area contributed by atoms with E-state index < -0.39 is 12.6 Å². The zero-order chi connectivity index (χ0) is 26.2. The fourth-order valence-corrected chi connectivity index (χ4v) is 4.72. The third-order valence-corrected chi connectivity index (χ3v) is 6.54. The zero-order valence-corrected chi connectivity index (χ0v) is 21.5. The SMILES string of the molecule is CCOc1cc(/C=C2/SC(=Nc3ccc(C)cc3)N(CCc3ccccc3)C2=O)ccc1OCC(=O)O. The van der Waals surface area contributed by atoms with Gasteiger partial charge in [-0.3, -0.25) is 9.69 Å². The highest BCUT2D eigenvalue weighted by Crippen LogP contribution is 2.36. The normalized spacial score (nSPS) is 15.4. The molecule has 0 unspecified atom stereocenters. The molecule has 3 aromatic carbocycles. The van der Waals surface area contributed by atoms with E-state index in [1.165, 1.54) is 11.8 Å². The van der Waals surface area contributed by atoms with Crippen molar-refractivity contribution in [2.75, 3.05) is 19.8 Å². The van der Waals surface area contributed by atoms with Gasteiger partial charge >= 0.3 is 5.97 Å². The Balaban J connectivity index is 1.62. The number of amides is 1. The van der Waals surface area contributed by atoms with E-state index in [1.54, 1.807) is 29.2 Å². The summed E-state index contributed by atoms with van der Waals surface area (Å²) < 4.78 is 11.0. The van der Waals surface area contributed by atoms with Crippen LogP contribution in [0.4, 0.5) is 5.69 Å². The Morgan fingerprint density at radius 1 is 1.03 bits per heavy atom. The van der Waals surface area contributed by atoms with Gasteiger partial charge in [0.05, 0.1) is 17.2 Å². The molecule has 190 valence electrons. The Hall–Kier alpha value is -4.04. The average Bonchev–Trinajstić information content (AvgIpc) is 3.17. The number of aryl methyl sites for hydroxylation is 1. The van der Waals surface area contributed by atoms with Crippen molar-refractivity contribution < 1.29 is 24.2 Å². The maximum absolute atomic E-state index is 13.5. The van der Waals surface area contributed by atoms with Gasteiger partial charge in [0.1, 0.15) is 0 Å². The number of amidine groups is 1. The average molecular weight is 517 g/mol. The van der Waals surface area contributed by atoms with E-state index in [0.29, 0.717) is 41.1 Å². The van der Waals surface area contributed by atoms with Gasteiger partial charge in [0, 0.05) is 6.54 Å². The summed E-state index contributed by atoms with van der Waals surface area (Å²) in [6.45, 7) is 4.28. The fraction of sp³-hybridized carbons (Fsp3) is 0.207. The van der Waals surface area contributed by atoms with Gasteiger partial charge in [0.25, 0.3) is 5.91 Å². The number of carboxylic acids is 1. The Morgan fingerprint density at radius 2 is 1.78 bits per heavy atom. The summed E-state index contributed by atoms with van der Waals surface area (Å²) in [5.74, 6) is -0.431. The number of thioether (sulfide) groups is 1. The summed E-state index contributed by atoms with van der Waals surface area (Å²) in [4.78, 5) is 31.4. The molecule has 1 fully saturated rings. The summed E-state index contributed by atoms with van der Waals surface area (Å²) in [6.07, 6.45) is 2.50. The molecule has 0 atom stereocenters. The number of ether oxygens (including phenoxy) is 2. The first-order chi connectivity index (χ1) is 17.9. The van der Waals surface area contributed by atoms with Crippen molar-refractivity contribution in [2.45, 2.75) is 20.3 Å². The highest BCUT2D eigenvalue weighted by Gasteiger charge is 2.33. The second-order valence-electron chi connectivity index (χ2n) is 8.35. The van der Waals surface area contributed by atoms with Crippen LogP contribution in [-0.4, -0.2) is 46.8 Å². The van der Waals surface area contributed by atoms with Crippen LogP contribution in [0.3, 0.4) is 0 Å². The number of nitrogens with zero attached hydrogens (tertiary/aromatic N) is 2. The van der Waals surface area contributed by atoms with Crippen LogP contribution in [0.2, 0.25) is 0 Å². The van der Waals surface area contributed by atoms with E-state index >= 15 is 0 Å². The van der Waals surface area contributed by atoms with E-state index in [0.717, 1.165) is 22.4 Å². The molecule has 1 N–H and O–H groups in total. The van der Waals surface area contributed by atoms with Gasteiger partial charge in [0.2, 0.25) is 0 Å². The second-order valence-corrected chi connectivity index (χ2v) is 9.36. The molecule has 0 spiro atoms. The van der Waals surface area contributed by atoms with Crippen LogP contribution in [0.5, 0.6) is 11.5 Å². The van der Waals surface area contributed by atoms with Crippen molar-refractivity contribution in [1.82, 2.24) is 4.90 Å². The lowest BCUT2D eigenvalue weighted by atomic mass is 10.1. The molecule has 0 aromatic heterocycles. The molecule has 4 rings (SSSR count). The minimum atomic E-state index is -1.07. The molecule has 7 nitrogen and oxygen atoms in total. The van der Waals surface area contributed by atoms with Gasteiger partial charge in [0.15, 0.2) is 23.3 Å². The van der Waals surface area contributed by atoms with Crippen molar-refractivity contribution in [3.8, 4) is 11.5 Å². The monoisotopic (exact) mass is 516 g/mol. The van der Waals surface area contributed by atoms with Crippen LogP contribution >= 0.6 is 11.8 Å². The number of aliphatic imine (C=N–C) groups is 1. The predicted octanol–water partition coefficient (Wildman–Crippen LogP) is 5.70. The Kier molecular flexibility index (Phi) is 8.64. The first kappa shape index (κ1) is 26.0. The molecular weight excluding hydrogens is 488 g/mol. The second kappa shape index (κ2) is 12.3. The van der Waals surface area contributed by atoms with Gasteiger partial charge < -0.3 is 14.6 Å². The number of hydrogen-bond donors (Lipinski definition) is 1. The smallest absolute Gasteiger partial charge is 0.341 e. The third-order valence-electron chi connectivity index (χ3n) is 5.53. The van der Waals surface area contributed by atoms with Crippen LogP contribution in [0.25, 0.3) is 6.08 Å². The first-order valence-electron chi connectivity index (χ1n) is 11.9. The maximum atomic E-state index is 13.5. The molecule has 3 aromatic rings. The molecule has 8 heteroatoms. The largest absolute Gasteiger partial charge is 0.490 e. The molecule has 1 amide bonds. The minimum Gasteiger partial charge on any atom is -0.490 e. The molecule has 0 saturated carbocycles. The standard InChI is InChI=1S/C29H28N2O5S/c1-3-35-25-17-22(11-14-24(25)36-19-27(32)33)18-26-28(34)31(16-15-21-7-5-4-6-8-21)29(37-26)30-23-12-9-20(2)10-13-23/h4-14,17-18H,3,15-16,19H2,1-2H3,(H,32,33)/b26-18+,30-29?. The topological polar surface area (TPSA) is 88.4 Å². The Labute approximate surface area is 220 Å². The molecule has 0 aliphatic carbocycles. The van der Waals surface area contributed by atoms with Gasteiger partial charge in [-0.15, -0.1) is 0 Å². The lowest BCUT2D eigenvalue weighted by Gasteiger charge is -2.15. The number of carboxylic acid groups (broad SMARTS) is 1. The molecule has 37 heavy (non-hydrogen) atoms. The Bertz CT molecular complexity index is 1320. The minimum absolute atomic E-state index is 0.115. The quantitative estimate of drug-likeness (QED) is 0.348. The predicted molar refractivity (Wildman–Crippen MR) is 146 cm³/mol. The molecule has 1 aliphatic rings. The summed E-state index contributed by atoms with van der Waals surface area (Å²) in [7, 11) is 0. The van der Waals surface area contributed by atoms with E-state index in [2.05, 4.69) is 0 Å². The lowest BCUT2D eigenvalue weighted by molar-refractivity contribution is -0.139. The van der Waals surface area contributed by atoms with E-state index in [-0.39, 0.29) is 5.91 Å². The van der Waals surface area contributed by atoms with Crippen molar-refractivity contribution in [1.29, 1.82) is 0 Å². The Morgan fingerprint density at radius 3 is 2.49 bits per heavy atom. The van der Waals surface area contributed by atoms with Gasteiger partial charge in [-0.05, 0) is 73.5 Å². The van der Waals surface area contributed by atoms with Crippen LogP contribution in [0.15, 0.2) is 82.7 Å². The zero-order valence-electron chi connectivity index (χ0n) is 20.7. The molecule has 0 radical (unpaired) electrons. The van der Waals surface area contributed by atoms with Crippen molar-refractivity contribution in [3.05, 3.63) is 94.4 Å². The highest BCUT2D eigenvalue weighted by atomic mass is 32.2. The van der Waals surface area contributed by atoms with Crippen LogP contribution < -0.4 is 9.47 Å². The molecule has 1 heterocycles. The van der Waals surface area contributed by atoms with E-state index in [9.17, 15) is 9.59 Å². The highest BCUT2D eigenvalue weighted by molar-refractivity contribution is 8.18. The summed E-state index contributed by atoms with van der Waals surface area (Å²) in [6, 6.07) is 23.1. The summed E-state index contributed by atoms with van der Waals surface area (Å²) >= 11 is 1.33. The van der Waals surface area contributed by atoms with Crippen molar-refractivity contribution >= 4 is 40.6 Å². The number of aliphatic carboxylic acids is 1. The van der Waals surface area contributed by atoms with E-state index in [4.69, 9.17) is 19.6 Å². The molecule has 1 saturated heterocycles. The third kappa shape index (κ3) is 7.01. The number of rotatable bonds is 10. The lowest BCUT2D eigenvalue weighted by Crippen LogP contribution is -2.31. The number of hydrogen-bond acceptors (Lipinski definition) is 6. The van der Waals surface area contributed by atoms with Crippen molar-refractivity contribution in [3.63, 3.8) is 0 Å². The van der Waals surface area contributed by atoms with Crippen LogP contribution in [0.1, 0.15) is 23.6 Å². The number of carbonyl (C=O) groups excluding carboxylic acids is 1. The molecule has 0 bridgehead atoms. The van der Waals surface area contributed by atoms with Crippen LogP contribution in [-0.2, 0) is 16.0 Å². The van der Waals surface area contributed by atoms with Gasteiger partial charge in [-0.25, -0.2) is 9.79 Å². The summed E-state index contributed by atoms with van der Waals surface area (Å²) in [5.41, 5.74) is 3.80. The fourth-order valence-electron chi connectivity index (χ4n) is 3.70. The molecular formula is C29H28N2O5S.